The highest BCUT2D eigenvalue weighted by Gasteiger charge is 2.44. The van der Waals surface area contributed by atoms with Crippen LogP contribution in [-0.4, -0.2) is 127 Å². The van der Waals surface area contributed by atoms with Gasteiger partial charge >= 0.3 is 28.8 Å². The third kappa shape index (κ3) is 16.4. The Morgan fingerprint density at radius 2 is 1.11 bits per heavy atom. The third-order valence-corrected chi connectivity index (χ3v) is 12.1. The molecule has 0 saturated heterocycles. The van der Waals surface area contributed by atoms with E-state index in [0.717, 1.165) is 0 Å². The monoisotopic (exact) mass is 826 g/mol. The second-order valence-electron chi connectivity index (χ2n) is 12.3. The molecule has 21 nitrogen and oxygen atoms in total. The van der Waals surface area contributed by atoms with Crippen LogP contribution in [0.4, 0.5) is 0 Å². The Morgan fingerprint density at radius 3 is 1.48 bits per heavy atom. The van der Waals surface area contributed by atoms with Gasteiger partial charge in [-0.2, -0.15) is 0 Å². The third-order valence-electron chi connectivity index (χ3n) is 7.69. The maximum Gasteiger partial charge on any atom is 0.360 e. The van der Waals surface area contributed by atoms with Crippen LogP contribution >= 0.6 is 22.8 Å². The number of nitrogens with zero attached hydrogens (tertiary/aromatic N) is 2. The van der Waals surface area contributed by atoms with Gasteiger partial charge < -0.3 is 65.5 Å². The molecule has 24 heteroatoms. The van der Waals surface area contributed by atoms with E-state index < -0.39 is 71.5 Å². The molecule has 54 heavy (non-hydrogen) atoms. The summed E-state index contributed by atoms with van der Waals surface area (Å²) in [6.45, 7) is 1.90. The lowest BCUT2D eigenvalue weighted by molar-refractivity contribution is -0.138. The standard InChI is InChI=1S/C30H45N4O17P3/c1-19(36)14-33(15-22-12-20(2-6-24(22)37)4-8-26(39)31-28(18-35)52(43,44)45)10-11-34(17-29(41)42)16-23-13-21(3-7-25(23)38)5-9-27(40)32-30(53(46,47)48)54(49,50)51/h2-3,6-7,12-13,28,30,35-38H,1,4-5,8-11,14-18H2,(H,31,39)(H,32,40)(H,41,42)(H2,43,44,45)(H2,46,47,48)(H2,49,50,51). The van der Waals surface area contributed by atoms with Gasteiger partial charge in [0, 0.05) is 50.1 Å². The topological polar surface area (TPSA) is 355 Å². The van der Waals surface area contributed by atoms with Gasteiger partial charge in [-0.3, -0.25) is 37.9 Å². The summed E-state index contributed by atoms with van der Waals surface area (Å²) in [4.78, 5) is 94.7. The van der Waals surface area contributed by atoms with Crippen LogP contribution in [0.5, 0.6) is 11.5 Å². The molecule has 0 aromatic heterocycles. The molecule has 0 saturated carbocycles. The lowest BCUT2D eigenvalue weighted by Crippen LogP contribution is -2.38. The quantitative estimate of drug-likeness (QED) is 0.0509. The molecule has 1 atom stereocenters. The van der Waals surface area contributed by atoms with Crippen molar-refractivity contribution in [3.8, 4) is 11.5 Å². The summed E-state index contributed by atoms with van der Waals surface area (Å²) < 4.78 is 34.3. The van der Waals surface area contributed by atoms with E-state index in [9.17, 15) is 77.9 Å². The smallest absolute Gasteiger partial charge is 0.360 e. The van der Waals surface area contributed by atoms with Gasteiger partial charge in [0.05, 0.1) is 25.5 Å². The Balaban J connectivity index is 2.16. The Bertz CT molecular complexity index is 1770. The van der Waals surface area contributed by atoms with Crippen molar-refractivity contribution in [2.24, 2.45) is 0 Å². The molecule has 0 spiro atoms. The number of phenols is 2. The number of aliphatic hydroxyl groups excluding tert-OH is 2. The van der Waals surface area contributed by atoms with E-state index >= 15 is 0 Å². The fraction of sp³-hybridized carbons (Fsp3) is 0.433. The van der Waals surface area contributed by atoms with Gasteiger partial charge in [0.15, 0.2) is 5.78 Å². The number of carbonyl (C=O) groups excluding carboxylic acids is 2. The molecule has 1 unspecified atom stereocenters. The molecule has 0 heterocycles. The van der Waals surface area contributed by atoms with Gasteiger partial charge in [0.2, 0.25) is 17.3 Å². The zero-order valence-electron chi connectivity index (χ0n) is 28.7. The summed E-state index contributed by atoms with van der Waals surface area (Å²) in [6.07, 6.45) is -0.673. The Morgan fingerprint density at radius 1 is 0.685 bits per heavy atom. The molecule has 0 aliphatic carbocycles. The molecule has 2 aromatic rings. The number of carboxylic acid groups (broad SMARTS) is 1. The number of benzene rings is 2. The maximum absolute atomic E-state index is 12.3. The molecule has 2 rings (SSSR count). The Kier molecular flexibility index (Phi) is 17.5. The van der Waals surface area contributed by atoms with Gasteiger partial charge in [0.25, 0.3) is 0 Å². The number of aliphatic carboxylic acids is 1. The Labute approximate surface area is 309 Å². The number of hydrogen-bond acceptors (Lipinski definition) is 12. The first-order valence-electron chi connectivity index (χ1n) is 15.9. The van der Waals surface area contributed by atoms with E-state index in [0.29, 0.717) is 16.7 Å². The van der Waals surface area contributed by atoms with E-state index in [2.05, 4.69) is 11.9 Å². The van der Waals surface area contributed by atoms with Crippen LogP contribution in [-0.2, 0) is 54.0 Å². The highest BCUT2D eigenvalue weighted by atomic mass is 31.2. The maximum atomic E-state index is 12.3. The number of phenolic OH excluding ortho intramolecular Hbond substituents is 2. The molecule has 0 radical (unpaired) electrons. The van der Waals surface area contributed by atoms with E-state index in [-0.39, 0.29) is 74.8 Å². The number of nitrogens with one attached hydrogen (secondary N) is 2. The minimum absolute atomic E-state index is 0.00481. The van der Waals surface area contributed by atoms with Gasteiger partial charge in [-0.15, -0.1) is 0 Å². The Hall–Kier alpha value is -3.68. The molecule has 13 N–H and O–H groups in total. The summed E-state index contributed by atoms with van der Waals surface area (Å²) in [5.74, 6) is -5.41. The van der Waals surface area contributed by atoms with Crippen molar-refractivity contribution >= 4 is 40.6 Å². The van der Waals surface area contributed by atoms with Crippen molar-refractivity contribution in [3.05, 3.63) is 71.0 Å². The molecule has 2 amide bonds. The summed E-state index contributed by atoms with van der Waals surface area (Å²) in [6, 6.07) is 8.61. The summed E-state index contributed by atoms with van der Waals surface area (Å²) in [7, 11) is -15.6. The van der Waals surface area contributed by atoms with Crippen molar-refractivity contribution in [2.45, 2.75) is 50.1 Å². The lowest BCUT2D eigenvalue weighted by Gasteiger charge is -2.27. The number of aromatic hydroxyl groups is 2. The van der Waals surface area contributed by atoms with Gasteiger partial charge in [-0.25, -0.2) is 0 Å². The van der Waals surface area contributed by atoms with Crippen LogP contribution in [0, 0.1) is 0 Å². The number of aliphatic hydroxyl groups is 2. The summed E-state index contributed by atoms with van der Waals surface area (Å²) in [5, 5.41) is 53.6. The van der Waals surface area contributed by atoms with Crippen molar-refractivity contribution in [2.75, 3.05) is 32.8 Å². The largest absolute Gasteiger partial charge is 0.512 e. The second kappa shape index (κ2) is 20.3. The normalized spacial score (nSPS) is 12.9. The second-order valence-corrected chi connectivity index (χ2v) is 17.9. The van der Waals surface area contributed by atoms with Crippen LogP contribution < -0.4 is 10.6 Å². The van der Waals surface area contributed by atoms with Crippen molar-refractivity contribution in [1.29, 1.82) is 0 Å². The van der Waals surface area contributed by atoms with Gasteiger partial charge in [-0.1, -0.05) is 30.8 Å². The van der Waals surface area contributed by atoms with Crippen LogP contribution in [0.3, 0.4) is 0 Å². The van der Waals surface area contributed by atoms with Gasteiger partial charge in [-0.05, 0) is 36.1 Å². The van der Waals surface area contributed by atoms with Gasteiger partial charge in [0.1, 0.15) is 11.5 Å². The fourth-order valence-corrected chi connectivity index (χ4v) is 7.79. The lowest BCUT2D eigenvalue weighted by atomic mass is 10.0. The number of hydrogen-bond donors (Lipinski definition) is 13. The minimum Gasteiger partial charge on any atom is -0.512 e. The number of aryl methyl sites for hydroxylation is 2. The molecular weight excluding hydrogens is 781 g/mol. The zero-order chi connectivity index (χ0) is 41.0. The number of carboxylic acids is 1. The summed E-state index contributed by atoms with van der Waals surface area (Å²) in [5.41, 5.74) is -1.17. The molecule has 0 aliphatic heterocycles. The van der Waals surface area contributed by atoms with Crippen LogP contribution in [0.25, 0.3) is 0 Å². The zero-order valence-corrected chi connectivity index (χ0v) is 31.4. The number of carbonyl (C=O) groups is 3. The van der Waals surface area contributed by atoms with E-state index in [1.807, 2.05) is 0 Å². The van der Waals surface area contributed by atoms with Crippen molar-refractivity contribution in [3.63, 3.8) is 0 Å². The minimum atomic E-state index is -5.41. The summed E-state index contributed by atoms with van der Waals surface area (Å²) >= 11 is 0. The van der Waals surface area contributed by atoms with Crippen molar-refractivity contribution < 1.29 is 83.0 Å². The fourth-order valence-electron chi connectivity index (χ4n) is 5.07. The van der Waals surface area contributed by atoms with Crippen LogP contribution in [0.15, 0.2) is 48.7 Å². The average molecular weight is 827 g/mol. The molecule has 0 bridgehead atoms. The van der Waals surface area contributed by atoms with E-state index in [1.54, 1.807) is 16.3 Å². The molecule has 0 fully saturated rings. The highest BCUT2D eigenvalue weighted by Crippen LogP contribution is 2.58. The SMILES string of the molecule is C=C(O)CN(CCN(CC(=O)O)Cc1cc(CCC(=O)NC(P(=O)(O)O)P(=O)(O)O)ccc1O)Cc1cc(CCC(=O)NC(CO)P(=O)(O)O)ccc1O. The van der Waals surface area contributed by atoms with Crippen molar-refractivity contribution in [1.82, 2.24) is 20.4 Å². The van der Waals surface area contributed by atoms with Crippen LogP contribution in [0.1, 0.15) is 35.1 Å². The predicted molar refractivity (Wildman–Crippen MR) is 190 cm³/mol. The number of rotatable bonds is 23. The molecule has 2 aromatic carbocycles. The molecular formula is C30H45N4O17P3. The first-order valence-corrected chi connectivity index (χ1v) is 20.9. The average Bonchev–Trinajstić information content (AvgIpc) is 3.03. The highest BCUT2D eigenvalue weighted by molar-refractivity contribution is 7.70. The molecule has 0 aliphatic rings. The number of amides is 2. The predicted octanol–water partition coefficient (Wildman–Crippen LogP) is -0.209. The van der Waals surface area contributed by atoms with E-state index in [4.69, 9.17) is 5.11 Å². The molecule has 302 valence electrons. The first kappa shape index (κ1) is 46.5. The van der Waals surface area contributed by atoms with Crippen LogP contribution in [0.2, 0.25) is 0 Å². The van der Waals surface area contributed by atoms with E-state index in [1.165, 1.54) is 35.2 Å². The first-order chi connectivity index (χ1) is 24.9.